The van der Waals surface area contributed by atoms with Crippen LogP contribution in [0, 0.1) is 5.92 Å². The van der Waals surface area contributed by atoms with Gasteiger partial charge in [-0.15, -0.1) is 0 Å². The van der Waals surface area contributed by atoms with Gasteiger partial charge in [-0.25, -0.2) is 0 Å². The molecule has 124 valence electrons. The van der Waals surface area contributed by atoms with Crippen LogP contribution >= 0.6 is 0 Å². The third kappa shape index (κ3) is 9.45. The van der Waals surface area contributed by atoms with Crippen LogP contribution in [0.3, 0.4) is 0 Å². The van der Waals surface area contributed by atoms with Gasteiger partial charge in [0.25, 0.3) is 0 Å². The van der Waals surface area contributed by atoms with Crippen molar-refractivity contribution in [2.75, 3.05) is 19.6 Å². The van der Waals surface area contributed by atoms with Gasteiger partial charge in [-0.3, -0.25) is 9.59 Å². The number of rotatable bonds is 12. The standard InChI is InChI=1S/C16H32N2O3/c1-5-10-18(11-6-2)15(19)12-17-14(4)9-7-8-13(3)16(20)21/h13-14,17H,5-12H2,1-4H3,(H,20,21). The van der Waals surface area contributed by atoms with Crippen LogP contribution in [0.15, 0.2) is 0 Å². The molecule has 0 aromatic carbocycles. The van der Waals surface area contributed by atoms with Crippen molar-refractivity contribution in [3.63, 3.8) is 0 Å². The monoisotopic (exact) mass is 300 g/mol. The van der Waals surface area contributed by atoms with Gasteiger partial charge in [0.05, 0.1) is 12.5 Å². The molecule has 0 heterocycles. The number of carbonyl (C=O) groups is 2. The third-order valence-electron chi connectivity index (χ3n) is 3.64. The fraction of sp³-hybridized carbons (Fsp3) is 0.875. The molecule has 5 nitrogen and oxygen atoms in total. The van der Waals surface area contributed by atoms with E-state index >= 15 is 0 Å². The van der Waals surface area contributed by atoms with Crippen LogP contribution in [0.2, 0.25) is 0 Å². The molecule has 2 unspecified atom stereocenters. The minimum Gasteiger partial charge on any atom is -0.481 e. The van der Waals surface area contributed by atoms with Crippen LogP contribution in [-0.2, 0) is 9.59 Å². The Morgan fingerprint density at radius 3 is 2.14 bits per heavy atom. The first-order valence-electron chi connectivity index (χ1n) is 8.16. The van der Waals surface area contributed by atoms with Crippen LogP contribution in [0.5, 0.6) is 0 Å². The Morgan fingerprint density at radius 1 is 1.10 bits per heavy atom. The summed E-state index contributed by atoms with van der Waals surface area (Å²) in [6.45, 7) is 9.94. The summed E-state index contributed by atoms with van der Waals surface area (Å²) in [6.07, 6.45) is 4.41. The second kappa shape index (κ2) is 11.5. The lowest BCUT2D eigenvalue weighted by Crippen LogP contribution is -2.41. The Bertz CT molecular complexity index is 302. The van der Waals surface area contributed by atoms with Gasteiger partial charge in [0, 0.05) is 19.1 Å². The Balaban J connectivity index is 3.92. The molecule has 2 N–H and O–H groups in total. The Hall–Kier alpha value is -1.10. The van der Waals surface area contributed by atoms with Crippen molar-refractivity contribution in [3.8, 4) is 0 Å². The third-order valence-corrected chi connectivity index (χ3v) is 3.64. The van der Waals surface area contributed by atoms with E-state index in [0.29, 0.717) is 13.0 Å². The second-order valence-electron chi connectivity index (χ2n) is 5.83. The van der Waals surface area contributed by atoms with Crippen molar-refractivity contribution >= 4 is 11.9 Å². The molecular formula is C16H32N2O3. The molecule has 0 aromatic heterocycles. The van der Waals surface area contributed by atoms with Gasteiger partial charge in [-0.2, -0.15) is 0 Å². The Labute approximate surface area is 129 Å². The molecule has 21 heavy (non-hydrogen) atoms. The van der Waals surface area contributed by atoms with Crippen LogP contribution in [-0.4, -0.2) is 47.6 Å². The molecule has 0 fully saturated rings. The Morgan fingerprint density at radius 2 is 1.67 bits per heavy atom. The molecule has 5 heteroatoms. The van der Waals surface area contributed by atoms with E-state index in [2.05, 4.69) is 19.2 Å². The maximum atomic E-state index is 12.1. The average molecular weight is 300 g/mol. The van der Waals surface area contributed by atoms with Gasteiger partial charge < -0.3 is 15.3 Å². The van der Waals surface area contributed by atoms with Crippen LogP contribution < -0.4 is 5.32 Å². The number of aliphatic carboxylic acids is 1. The van der Waals surface area contributed by atoms with Gasteiger partial charge >= 0.3 is 5.97 Å². The number of hydrogen-bond donors (Lipinski definition) is 2. The molecule has 0 aliphatic heterocycles. The fourth-order valence-corrected chi connectivity index (χ4v) is 2.23. The SMILES string of the molecule is CCCN(CCC)C(=O)CNC(C)CCCC(C)C(=O)O. The predicted molar refractivity (Wildman–Crippen MR) is 85.3 cm³/mol. The minimum absolute atomic E-state index is 0.157. The molecule has 1 amide bonds. The molecule has 0 saturated carbocycles. The van der Waals surface area contributed by atoms with Crippen LogP contribution in [0.1, 0.15) is 59.8 Å². The lowest BCUT2D eigenvalue weighted by molar-refractivity contribution is -0.141. The van der Waals surface area contributed by atoms with Crippen molar-refractivity contribution in [1.82, 2.24) is 10.2 Å². The maximum absolute atomic E-state index is 12.1. The van der Waals surface area contributed by atoms with E-state index in [1.165, 1.54) is 0 Å². The van der Waals surface area contributed by atoms with E-state index in [1.54, 1.807) is 6.92 Å². The van der Waals surface area contributed by atoms with E-state index in [1.807, 2.05) is 11.8 Å². The largest absolute Gasteiger partial charge is 0.481 e. The molecule has 0 aromatic rings. The summed E-state index contributed by atoms with van der Waals surface area (Å²) < 4.78 is 0. The fourth-order valence-electron chi connectivity index (χ4n) is 2.23. The topological polar surface area (TPSA) is 69.6 Å². The molecule has 0 rings (SSSR count). The summed E-state index contributed by atoms with van der Waals surface area (Å²) >= 11 is 0. The van der Waals surface area contributed by atoms with Crippen molar-refractivity contribution in [1.29, 1.82) is 0 Å². The van der Waals surface area contributed by atoms with Gasteiger partial charge in [-0.1, -0.05) is 27.2 Å². The van der Waals surface area contributed by atoms with E-state index in [-0.39, 0.29) is 17.9 Å². The normalized spacial score (nSPS) is 13.7. The summed E-state index contributed by atoms with van der Waals surface area (Å²) in [5.74, 6) is -0.867. The number of nitrogens with one attached hydrogen (secondary N) is 1. The zero-order valence-corrected chi connectivity index (χ0v) is 14.0. The molecule has 2 atom stereocenters. The van der Waals surface area contributed by atoms with Crippen molar-refractivity contribution in [3.05, 3.63) is 0 Å². The number of hydrogen-bond acceptors (Lipinski definition) is 3. The molecule has 0 saturated heterocycles. The molecule has 0 radical (unpaired) electrons. The smallest absolute Gasteiger partial charge is 0.306 e. The highest BCUT2D eigenvalue weighted by molar-refractivity contribution is 5.78. The van der Waals surface area contributed by atoms with E-state index in [0.717, 1.165) is 38.8 Å². The van der Waals surface area contributed by atoms with Gasteiger partial charge in [-0.05, 0) is 32.6 Å². The highest BCUT2D eigenvalue weighted by atomic mass is 16.4. The molecule has 0 aliphatic rings. The number of carbonyl (C=O) groups excluding carboxylic acids is 1. The summed E-state index contributed by atoms with van der Waals surface area (Å²) in [5, 5.41) is 12.1. The van der Waals surface area contributed by atoms with Gasteiger partial charge in [0.2, 0.25) is 5.91 Å². The average Bonchev–Trinajstić information content (AvgIpc) is 2.44. The molecule has 0 spiro atoms. The number of nitrogens with zero attached hydrogens (tertiary/aromatic N) is 1. The van der Waals surface area contributed by atoms with Gasteiger partial charge in [0.15, 0.2) is 0 Å². The number of carboxylic acids is 1. The first-order chi connectivity index (χ1) is 9.92. The minimum atomic E-state index is -0.736. The number of carboxylic acid groups (broad SMARTS) is 1. The van der Waals surface area contributed by atoms with E-state index in [4.69, 9.17) is 5.11 Å². The molecule has 0 aliphatic carbocycles. The van der Waals surface area contributed by atoms with E-state index < -0.39 is 5.97 Å². The molecular weight excluding hydrogens is 268 g/mol. The highest BCUT2D eigenvalue weighted by Crippen LogP contribution is 2.09. The summed E-state index contributed by atoms with van der Waals surface area (Å²) in [6, 6.07) is 0.236. The zero-order chi connectivity index (χ0) is 16.3. The van der Waals surface area contributed by atoms with Gasteiger partial charge in [0.1, 0.15) is 0 Å². The number of amides is 1. The predicted octanol–water partition coefficient (Wildman–Crippen LogP) is 2.50. The summed E-state index contributed by atoms with van der Waals surface area (Å²) in [5.41, 5.74) is 0. The van der Waals surface area contributed by atoms with Crippen LogP contribution in [0.4, 0.5) is 0 Å². The van der Waals surface area contributed by atoms with E-state index in [9.17, 15) is 9.59 Å². The zero-order valence-electron chi connectivity index (χ0n) is 14.0. The summed E-state index contributed by atoms with van der Waals surface area (Å²) in [7, 11) is 0. The second-order valence-corrected chi connectivity index (χ2v) is 5.83. The Kier molecular flexibility index (Phi) is 10.9. The maximum Gasteiger partial charge on any atom is 0.306 e. The highest BCUT2D eigenvalue weighted by Gasteiger charge is 2.14. The first kappa shape index (κ1) is 19.9. The lowest BCUT2D eigenvalue weighted by Gasteiger charge is -2.23. The quantitative estimate of drug-likeness (QED) is 0.581. The van der Waals surface area contributed by atoms with Crippen molar-refractivity contribution < 1.29 is 14.7 Å². The van der Waals surface area contributed by atoms with Crippen molar-refractivity contribution in [2.45, 2.75) is 65.8 Å². The first-order valence-corrected chi connectivity index (χ1v) is 8.16. The summed E-state index contributed by atoms with van der Waals surface area (Å²) in [4.78, 5) is 24.7. The van der Waals surface area contributed by atoms with Crippen LogP contribution in [0.25, 0.3) is 0 Å². The lowest BCUT2D eigenvalue weighted by atomic mass is 10.0. The van der Waals surface area contributed by atoms with Crippen molar-refractivity contribution in [2.24, 2.45) is 5.92 Å². The molecule has 0 bridgehead atoms.